The van der Waals surface area contributed by atoms with E-state index in [-0.39, 0.29) is 12.0 Å². The van der Waals surface area contributed by atoms with Gasteiger partial charge in [-0.1, -0.05) is 0 Å². The van der Waals surface area contributed by atoms with Crippen LogP contribution in [-0.2, 0) is 14.3 Å². The number of amides is 2. The van der Waals surface area contributed by atoms with Gasteiger partial charge in [-0.25, -0.2) is 0 Å². The maximum Gasteiger partial charge on any atom is 0.222 e. The zero-order valence-electron chi connectivity index (χ0n) is 16.5. The summed E-state index contributed by atoms with van der Waals surface area (Å²) in [6.07, 6.45) is 7.28. The first-order valence-corrected chi connectivity index (χ1v) is 10.4. The van der Waals surface area contributed by atoms with Crippen LogP contribution in [0, 0.1) is 5.92 Å². The topological polar surface area (TPSA) is 53.1 Å². The molecule has 2 amide bonds. The Kier molecular flexibility index (Phi) is 6.92. The van der Waals surface area contributed by atoms with E-state index in [2.05, 4.69) is 4.90 Å². The van der Waals surface area contributed by atoms with Crippen molar-refractivity contribution in [2.75, 3.05) is 46.4 Å². The van der Waals surface area contributed by atoms with Crippen molar-refractivity contribution in [1.29, 1.82) is 0 Å². The first kappa shape index (κ1) is 19.6. The van der Waals surface area contributed by atoms with Gasteiger partial charge in [0.2, 0.25) is 11.8 Å². The van der Waals surface area contributed by atoms with Crippen LogP contribution in [0.2, 0.25) is 0 Å². The maximum absolute atomic E-state index is 12.6. The highest BCUT2D eigenvalue weighted by molar-refractivity contribution is 5.76. The van der Waals surface area contributed by atoms with Gasteiger partial charge in [0.15, 0.2) is 0 Å². The van der Waals surface area contributed by atoms with Crippen molar-refractivity contribution < 1.29 is 14.3 Å². The van der Waals surface area contributed by atoms with Crippen molar-refractivity contribution in [2.24, 2.45) is 5.92 Å². The second-order valence-corrected chi connectivity index (χ2v) is 8.18. The second kappa shape index (κ2) is 9.18. The summed E-state index contributed by atoms with van der Waals surface area (Å²) in [5, 5.41) is 0. The molecular weight excluding hydrogens is 330 g/mol. The molecule has 6 nitrogen and oxygen atoms in total. The summed E-state index contributed by atoms with van der Waals surface area (Å²) in [6, 6.07) is 0.566. The molecular formula is C20H35N3O3. The quantitative estimate of drug-likeness (QED) is 0.761. The predicted octanol–water partition coefficient (Wildman–Crippen LogP) is 1.74. The Hall–Kier alpha value is -1.14. The fourth-order valence-electron chi connectivity index (χ4n) is 4.93. The SMILES string of the molecule is CO[C@H]1CCN(C2CCN(C(C)=O)CC2)CC[C@@H]1CC(=O)N1CCCC1. The van der Waals surface area contributed by atoms with Gasteiger partial charge >= 0.3 is 0 Å². The zero-order valence-corrected chi connectivity index (χ0v) is 16.5. The summed E-state index contributed by atoms with van der Waals surface area (Å²) in [6.45, 7) is 7.37. The third-order valence-electron chi connectivity index (χ3n) is 6.64. The maximum atomic E-state index is 12.6. The Bertz CT molecular complexity index is 485. The van der Waals surface area contributed by atoms with E-state index in [4.69, 9.17) is 4.74 Å². The molecule has 0 bridgehead atoms. The standard InChI is InChI=1S/C20H35N3O3/c1-16(24)21-12-6-18(7-13-21)22-11-5-17(19(26-2)8-14-22)15-20(25)23-9-3-4-10-23/h17-19H,3-15H2,1-2H3/t17-,19+/m1/s1. The van der Waals surface area contributed by atoms with E-state index in [1.807, 2.05) is 9.80 Å². The Labute approximate surface area is 157 Å². The van der Waals surface area contributed by atoms with E-state index >= 15 is 0 Å². The van der Waals surface area contributed by atoms with Crippen LogP contribution in [0.15, 0.2) is 0 Å². The molecule has 3 heterocycles. The average molecular weight is 366 g/mol. The van der Waals surface area contributed by atoms with Gasteiger partial charge in [0.05, 0.1) is 6.10 Å². The summed E-state index contributed by atoms with van der Waals surface area (Å²) < 4.78 is 5.78. The minimum Gasteiger partial charge on any atom is -0.381 e. The van der Waals surface area contributed by atoms with Crippen molar-refractivity contribution in [3.05, 3.63) is 0 Å². The van der Waals surface area contributed by atoms with E-state index in [9.17, 15) is 9.59 Å². The van der Waals surface area contributed by atoms with Gasteiger partial charge in [-0.05, 0) is 51.0 Å². The summed E-state index contributed by atoms with van der Waals surface area (Å²) in [4.78, 5) is 30.7. The first-order valence-electron chi connectivity index (χ1n) is 10.4. The first-order chi connectivity index (χ1) is 12.6. The molecule has 3 rings (SSSR count). The molecule has 2 atom stereocenters. The highest BCUT2D eigenvalue weighted by atomic mass is 16.5. The minimum absolute atomic E-state index is 0.184. The van der Waals surface area contributed by atoms with Crippen molar-refractivity contribution in [3.63, 3.8) is 0 Å². The predicted molar refractivity (Wildman–Crippen MR) is 101 cm³/mol. The number of hydrogen-bond donors (Lipinski definition) is 0. The molecule has 0 radical (unpaired) electrons. The fourth-order valence-corrected chi connectivity index (χ4v) is 4.93. The van der Waals surface area contributed by atoms with E-state index in [0.29, 0.717) is 24.3 Å². The van der Waals surface area contributed by atoms with E-state index in [1.165, 1.54) is 0 Å². The lowest BCUT2D eigenvalue weighted by atomic mass is 9.93. The van der Waals surface area contributed by atoms with Crippen molar-refractivity contribution in [2.45, 2.75) is 64.0 Å². The number of nitrogens with zero attached hydrogens (tertiary/aromatic N) is 3. The van der Waals surface area contributed by atoms with Crippen molar-refractivity contribution >= 4 is 11.8 Å². The van der Waals surface area contributed by atoms with Crippen LogP contribution in [0.3, 0.4) is 0 Å². The molecule has 3 fully saturated rings. The van der Waals surface area contributed by atoms with Crippen LogP contribution >= 0.6 is 0 Å². The molecule has 3 aliphatic rings. The van der Waals surface area contributed by atoms with Crippen LogP contribution in [0.25, 0.3) is 0 Å². The van der Waals surface area contributed by atoms with Crippen LogP contribution in [0.1, 0.15) is 51.9 Å². The Morgan fingerprint density at radius 1 is 0.885 bits per heavy atom. The fraction of sp³-hybridized carbons (Fsp3) is 0.900. The molecule has 0 unspecified atom stereocenters. The number of likely N-dealkylation sites (tertiary alicyclic amines) is 3. The number of methoxy groups -OCH3 is 1. The minimum atomic E-state index is 0.184. The molecule has 3 aliphatic heterocycles. The number of piperidine rings is 1. The number of hydrogen-bond acceptors (Lipinski definition) is 4. The third kappa shape index (κ3) is 4.77. The molecule has 0 aliphatic carbocycles. The van der Waals surface area contributed by atoms with Crippen molar-refractivity contribution in [3.8, 4) is 0 Å². The Morgan fingerprint density at radius 3 is 2.15 bits per heavy atom. The molecule has 6 heteroatoms. The summed E-state index contributed by atoms with van der Waals surface area (Å²) >= 11 is 0. The van der Waals surface area contributed by atoms with E-state index < -0.39 is 0 Å². The van der Waals surface area contributed by atoms with Gasteiger partial charge in [-0.15, -0.1) is 0 Å². The number of ether oxygens (including phenoxy) is 1. The molecule has 0 aromatic heterocycles. The van der Waals surface area contributed by atoms with Gasteiger partial charge < -0.3 is 19.4 Å². The monoisotopic (exact) mass is 365 g/mol. The second-order valence-electron chi connectivity index (χ2n) is 8.18. The van der Waals surface area contributed by atoms with Gasteiger partial charge in [0, 0.05) is 59.2 Å². The highest BCUT2D eigenvalue weighted by Crippen LogP contribution is 2.28. The molecule has 3 saturated heterocycles. The molecule has 0 aromatic carbocycles. The van der Waals surface area contributed by atoms with Crippen LogP contribution < -0.4 is 0 Å². The normalized spacial score (nSPS) is 29.0. The Balaban J connectivity index is 1.53. The smallest absolute Gasteiger partial charge is 0.222 e. The lowest BCUT2D eigenvalue weighted by molar-refractivity contribution is -0.132. The number of carbonyl (C=O) groups is 2. The molecule has 26 heavy (non-hydrogen) atoms. The van der Waals surface area contributed by atoms with Gasteiger partial charge in [-0.3, -0.25) is 9.59 Å². The Morgan fingerprint density at radius 2 is 1.54 bits per heavy atom. The largest absolute Gasteiger partial charge is 0.381 e. The van der Waals surface area contributed by atoms with Crippen LogP contribution in [0.4, 0.5) is 0 Å². The molecule has 0 saturated carbocycles. The van der Waals surface area contributed by atoms with Crippen LogP contribution in [0.5, 0.6) is 0 Å². The summed E-state index contributed by atoms with van der Waals surface area (Å²) in [5.74, 6) is 0.840. The van der Waals surface area contributed by atoms with E-state index in [0.717, 1.165) is 77.8 Å². The van der Waals surface area contributed by atoms with Gasteiger partial charge in [0.25, 0.3) is 0 Å². The zero-order chi connectivity index (χ0) is 18.5. The van der Waals surface area contributed by atoms with Gasteiger partial charge in [0.1, 0.15) is 0 Å². The molecule has 0 N–H and O–H groups in total. The molecule has 148 valence electrons. The van der Waals surface area contributed by atoms with Crippen LogP contribution in [-0.4, -0.2) is 85.0 Å². The van der Waals surface area contributed by atoms with Crippen molar-refractivity contribution in [1.82, 2.24) is 14.7 Å². The molecule has 0 aromatic rings. The summed E-state index contributed by atoms with van der Waals surface area (Å²) in [7, 11) is 1.79. The average Bonchev–Trinajstić information content (AvgIpc) is 3.11. The summed E-state index contributed by atoms with van der Waals surface area (Å²) in [5.41, 5.74) is 0. The lowest BCUT2D eigenvalue weighted by Crippen LogP contribution is -2.46. The number of carbonyl (C=O) groups excluding carboxylic acids is 2. The van der Waals surface area contributed by atoms with E-state index in [1.54, 1.807) is 14.0 Å². The lowest BCUT2D eigenvalue weighted by Gasteiger charge is -2.37. The van der Waals surface area contributed by atoms with Gasteiger partial charge in [-0.2, -0.15) is 0 Å². The highest BCUT2D eigenvalue weighted by Gasteiger charge is 2.33. The third-order valence-corrected chi connectivity index (χ3v) is 6.64. The number of rotatable bonds is 4. The molecule has 0 spiro atoms.